The lowest BCUT2D eigenvalue weighted by atomic mass is 10.2. The summed E-state index contributed by atoms with van der Waals surface area (Å²) < 4.78 is 1.20. The maximum absolute atomic E-state index is 5.49. The number of rotatable bonds is 4. The molecule has 0 saturated carbocycles. The van der Waals surface area contributed by atoms with Crippen LogP contribution in [-0.2, 0) is 6.42 Å². The summed E-state index contributed by atoms with van der Waals surface area (Å²) in [5, 5.41) is 3.30. The number of nitrogen functional groups attached to an aromatic ring is 1. The van der Waals surface area contributed by atoms with Crippen molar-refractivity contribution >= 4 is 39.9 Å². The predicted octanol–water partition coefficient (Wildman–Crippen LogP) is 2.98. The van der Waals surface area contributed by atoms with E-state index in [1.165, 1.54) is 3.57 Å². The third-order valence-electron chi connectivity index (χ3n) is 2.75. The van der Waals surface area contributed by atoms with Gasteiger partial charge in [-0.15, -0.1) is 0 Å². The highest BCUT2D eigenvalue weighted by atomic mass is 127. The number of hydrazine groups is 1. The van der Waals surface area contributed by atoms with Gasteiger partial charge in [0.2, 0.25) is 0 Å². The summed E-state index contributed by atoms with van der Waals surface area (Å²) in [7, 11) is 0. The summed E-state index contributed by atoms with van der Waals surface area (Å²) >= 11 is 2.28. The van der Waals surface area contributed by atoms with Crippen molar-refractivity contribution in [3.05, 3.63) is 39.2 Å². The Bertz CT molecular complexity index is 568. The zero-order valence-electron chi connectivity index (χ0n) is 10.9. The second-order valence-corrected chi connectivity index (χ2v) is 5.34. The highest BCUT2D eigenvalue weighted by molar-refractivity contribution is 14.1. The van der Waals surface area contributed by atoms with Crippen LogP contribution in [0.15, 0.2) is 24.3 Å². The normalized spacial score (nSPS) is 10.3. The van der Waals surface area contributed by atoms with Gasteiger partial charge < -0.3 is 10.7 Å². The molecule has 100 valence electrons. The minimum Gasteiger partial charge on any atom is -0.340 e. The molecule has 0 radical (unpaired) electrons. The molecule has 1 heterocycles. The molecule has 0 aliphatic rings. The first-order chi connectivity index (χ1) is 9.13. The molecule has 0 unspecified atom stereocenters. The van der Waals surface area contributed by atoms with E-state index in [0.717, 1.165) is 29.3 Å². The van der Waals surface area contributed by atoms with Crippen molar-refractivity contribution in [3.8, 4) is 0 Å². The van der Waals surface area contributed by atoms with Gasteiger partial charge in [0.25, 0.3) is 0 Å². The van der Waals surface area contributed by atoms with E-state index < -0.39 is 0 Å². The van der Waals surface area contributed by atoms with Crippen LogP contribution in [0, 0.1) is 10.5 Å². The largest absolute Gasteiger partial charge is 0.340 e. The number of aryl methyl sites for hydroxylation is 1. The smallest absolute Gasteiger partial charge is 0.148 e. The molecule has 0 aliphatic carbocycles. The van der Waals surface area contributed by atoms with Gasteiger partial charge in [-0.05, 0) is 53.8 Å². The quantitative estimate of drug-likeness (QED) is 0.439. The zero-order chi connectivity index (χ0) is 13.8. The highest BCUT2D eigenvalue weighted by Crippen LogP contribution is 2.23. The zero-order valence-corrected chi connectivity index (χ0v) is 13.0. The summed E-state index contributed by atoms with van der Waals surface area (Å²) in [6, 6.07) is 8.12. The van der Waals surface area contributed by atoms with E-state index in [0.29, 0.717) is 5.82 Å². The number of benzene rings is 1. The van der Waals surface area contributed by atoms with E-state index >= 15 is 0 Å². The third-order valence-corrected chi connectivity index (χ3v) is 3.47. The first-order valence-electron chi connectivity index (χ1n) is 6.00. The summed E-state index contributed by atoms with van der Waals surface area (Å²) in [6.45, 7) is 3.95. The molecule has 0 spiro atoms. The van der Waals surface area contributed by atoms with E-state index in [-0.39, 0.29) is 0 Å². The number of nitrogens with two attached hydrogens (primary N) is 1. The van der Waals surface area contributed by atoms with Crippen LogP contribution in [0.5, 0.6) is 0 Å². The maximum Gasteiger partial charge on any atom is 0.148 e. The average molecular weight is 369 g/mol. The molecule has 0 amide bonds. The third kappa shape index (κ3) is 3.32. The number of nitrogens with zero attached hydrogens (tertiary/aromatic N) is 2. The second-order valence-electron chi connectivity index (χ2n) is 4.09. The fraction of sp³-hybridized carbons (Fsp3) is 0.231. The monoisotopic (exact) mass is 369 g/mol. The van der Waals surface area contributed by atoms with Crippen LogP contribution in [0.25, 0.3) is 0 Å². The predicted molar refractivity (Wildman–Crippen MR) is 86.4 cm³/mol. The number of hydrogen-bond acceptors (Lipinski definition) is 5. The molecule has 6 heteroatoms. The molecule has 19 heavy (non-hydrogen) atoms. The second kappa shape index (κ2) is 6.16. The molecule has 1 aromatic heterocycles. The molecular formula is C13H16IN5. The Kier molecular flexibility index (Phi) is 4.54. The van der Waals surface area contributed by atoms with Gasteiger partial charge in [-0.25, -0.2) is 15.8 Å². The van der Waals surface area contributed by atoms with Crippen LogP contribution in [0.1, 0.15) is 18.3 Å². The van der Waals surface area contributed by atoms with Crippen molar-refractivity contribution in [2.45, 2.75) is 20.3 Å². The van der Waals surface area contributed by atoms with Gasteiger partial charge in [0.15, 0.2) is 0 Å². The molecule has 4 N–H and O–H groups in total. The summed E-state index contributed by atoms with van der Waals surface area (Å²) in [6.07, 6.45) is 0.760. The average Bonchev–Trinajstić information content (AvgIpc) is 2.43. The SMILES string of the molecule is CCc1nc(NN)c(C)c(Nc2ccc(I)cc2)n1. The molecule has 0 saturated heterocycles. The Balaban J connectivity index is 2.35. The van der Waals surface area contributed by atoms with E-state index in [4.69, 9.17) is 5.84 Å². The van der Waals surface area contributed by atoms with Crippen LogP contribution < -0.4 is 16.6 Å². The fourth-order valence-corrected chi connectivity index (χ4v) is 2.01. The standard InChI is InChI=1S/C13H16IN5/c1-3-11-17-12(8(2)13(18-11)19-15)16-10-6-4-9(14)5-7-10/h4-7H,3,15H2,1-2H3,(H2,16,17,18,19). The van der Waals surface area contributed by atoms with Crippen LogP contribution in [-0.4, -0.2) is 9.97 Å². The Morgan fingerprint density at radius 1 is 1.16 bits per heavy atom. The maximum atomic E-state index is 5.49. The van der Waals surface area contributed by atoms with E-state index in [1.807, 2.05) is 38.1 Å². The Morgan fingerprint density at radius 3 is 2.37 bits per heavy atom. The molecular weight excluding hydrogens is 353 g/mol. The minimum absolute atomic E-state index is 0.653. The van der Waals surface area contributed by atoms with Gasteiger partial charge in [0, 0.05) is 21.2 Å². The van der Waals surface area contributed by atoms with Gasteiger partial charge in [-0.2, -0.15) is 0 Å². The molecule has 5 nitrogen and oxygen atoms in total. The van der Waals surface area contributed by atoms with Gasteiger partial charge in [-0.3, -0.25) is 0 Å². The number of hydrogen-bond donors (Lipinski definition) is 3. The van der Waals surface area contributed by atoms with Gasteiger partial charge in [-0.1, -0.05) is 6.92 Å². The number of nitrogens with one attached hydrogen (secondary N) is 2. The van der Waals surface area contributed by atoms with Crippen molar-refractivity contribution in [2.75, 3.05) is 10.7 Å². The lowest BCUT2D eigenvalue weighted by Gasteiger charge is -2.13. The molecule has 0 atom stereocenters. The van der Waals surface area contributed by atoms with Crippen molar-refractivity contribution < 1.29 is 0 Å². The minimum atomic E-state index is 0.653. The van der Waals surface area contributed by atoms with E-state index in [2.05, 4.69) is 43.3 Å². The lowest BCUT2D eigenvalue weighted by Crippen LogP contribution is -2.13. The topological polar surface area (TPSA) is 75.9 Å². The van der Waals surface area contributed by atoms with Crippen LogP contribution in [0.2, 0.25) is 0 Å². The number of halogens is 1. The number of anilines is 3. The van der Waals surface area contributed by atoms with Crippen molar-refractivity contribution in [2.24, 2.45) is 5.84 Å². The molecule has 2 rings (SSSR count). The fourth-order valence-electron chi connectivity index (χ4n) is 1.65. The van der Waals surface area contributed by atoms with Crippen LogP contribution in [0.3, 0.4) is 0 Å². The van der Waals surface area contributed by atoms with E-state index in [1.54, 1.807) is 0 Å². The summed E-state index contributed by atoms with van der Waals surface area (Å²) in [5.41, 5.74) is 4.51. The first kappa shape index (κ1) is 14.0. The summed E-state index contributed by atoms with van der Waals surface area (Å²) in [4.78, 5) is 8.83. The Labute approximate surface area is 126 Å². The van der Waals surface area contributed by atoms with E-state index in [9.17, 15) is 0 Å². The Hall–Kier alpha value is -1.41. The lowest BCUT2D eigenvalue weighted by molar-refractivity contribution is 0.932. The first-order valence-corrected chi connectivity index (χ1v) is 7.08. The van der Waals surface area contributed by atoms with Crippen molar-refractivity contribution in [1.82, 2.24) is 9.97 Å². The van der Waals surface area contributed by atoms with Crippen LogP contribution >= 0.6 is 22.6 Å². The molecule has 1 aromatic carbocycles. The molecule has 0 fully saturated rings. The molecule has 0 bridgehead atoms. The Morgan fingerprint density at radius 2 is 1.79 bits per heavy atom. The highest BCUT2D eigenvalue weighted by Gasteiger charge is 2.09. The molecule has 2 aromatic rings. The number of aromatic nitrogens is 2. The van der Waals surface area contributed by atoms with Gasteiger partial charge in [0.05, 0.1) is 0 Å². The van der Waals surface area contributed by atoms with Gasteiger partial charge >= 0.3 is 0 Å². The van der Waals surface area contributed by atoms with Crippen molar-refractivity contribution in [1.29, 1.82) is 0 Å². The summed E-state index contributed by atoms with van der Waals surface area (Å²) in [5.74, 6) is 7.67. The van der Waals surface area contributed by atoms with Gasteiger partial charge in [0.1, 0.15) is 17.5 Å². The van der Waals surface area contributed by atoms with Crippen LogP contribution in [0.4, 0.5) is 17.3 Å². The molecule has 0 aliphatic heterocycles. The van der Waals surface area contributed by atoms with Crippen molar-refractivity contribution in [3.63, 3.8) is 0 Å².